The molecule has 0 heterocycles. The maximum atomic E-state index is 12.9. The monoisotopic (exact) mass is 464 g/mol. The number of alkyl carbamates (subject to hydrolysis) is 1. The third-order valence-electron chi connectivity index (χ3n) is 7.03. The van der Waals surface area contributed by atoms with Crippen LogP contribution in [-0.2, 0) is 14.3 Å². The van der Waals surface area contributed by atoms with Gasteiger partial charge in [0.05, 0.1) is 5.92 Å². The van der Waals surface area contributed by atoms with Crippen molar-refractivity contribution in [2.24, 2.45) is 11.8 Å². The van der Waals surface area contributed by atoms with Gasteiger partial charge in [0.15, 0.2) is 0 Å². The second kappa shape index (κ2) is 10.7. The van der Waals surface area contributed by atoms with Crippen molar-refractivity contribution in [3.63, 3.8) is 0 Å². The first-order chi connectivity index (χ1) is 16.4. The number of fused-ring (bicyclic) bond motifs is 3. The topological polar surface area (TPSA) is 95.9 Å². The SMILES string of the molecule is CN(CC(=O)O)C(=O)C(CNC(=O)OCC1c2ccccc2-c2ccccc21)CC1CCCC1. The molecule has 2 aromatic rings. The van der Waals surface area contributed by atoms with Gasteiger partial charge in [0.2, 0.25) is 5.91 Å². The van der Waals surface area contributed by atoms with E-state index in [0.717, 1.165) is 47.9 Å². The summed E-state index contributed by atoms with van der Waals surface area (Å²) in [5, 5.41) is 11.8. The number of carbonyl (C=O) groups excluding carboxylic acids is 2. The molecule has 0 aliphatic heterocycles. The molecule has 2 N–H and O–H groups in total. The number of benzene rings is 2. The van der Waals surface area contributed by atoms with Crippen LogP contribution in [0.5, 0.6) is 0 Å². The van der Waals surface area contributed by atoms with Crippen molar-refractivity contribution in [3.8, 4) is 11.1 Å². The summed E-state index contributed by atoms with van der Waals surface area (Å²) >= 11 is 0. The Labute approximate surface area is 200 Å². The molecule has 0 saturated heterocycles. The molecule has 4 rings (SSSR count). The van der Waals surface area contributed by atoms with Gasteiger partial charge in [-0.3, -0.25) is 9.59 Å². The van der Waals surface area contributed by atoms with Gasteiger partial charge in [0, 0.05) is 19.5 Å². The van der Waals surface area contributed by atoms with Crippen molar-refractivity contribution in [2.75, 3.05) is 26.7 Å². The van der Waals surface area contributed by atoms with E-state index in [0.29, 0.717) is 12.3 Å². The number of nitrogens with zero attached hydrogens (tertiary/aromatic N) is 1. The number of rotatable bonds is 9. The third-order valence-corrected chi connectivity index (χ3v) is 7.03. The Morgan fingerprint density at radius 3 is 2.21 bits per heavy atom. The average Bonchev–Trinajstić information content (AvgIpc) is 3.45. The molecule has 180 valence electrons. The summed E-state index contributed by atoms with van der Waals surface area (Å²) in [4.78, 5) is 37.7. The number of carbonyl (C=O) groups is 3. The largest absolute Gasteiger partial charge is 0.480 e. The van der Waals surface area contributed by atoms with Crippen LogP contribution < -0.4 is 5.32 Å². The molecular formula is C27H32N2O5. The lowest BCUT2D eigenvalue weighted by Crippen LogP contribution is -2.42. The Morgan fingerprint density at radius 1 is 1.03 bits per heavy atom. The highest BCUT2D eigenvalue weighted by molar-refractivity contribution is 5.83. The van der Waals surface area contributed by atoms with Crippen molar-refractivity contribution >= 4 is 18.0 Å². The van der Waals surface area contributed by atoms with Crippen LogP contribution in [0.3, 0.4) is 0 Å². The zero-order valence-corrected chi connectivity index (χ0v) is 19.5. The van der Waals surface area contributed by atoms with Crippen LogP contribution >= 0.6 is 0 Å². The molecule has 0 radical (unpaired) electrons. The van der Waals surface area contributed by atoms with Gasteiger partial charge in [-0.15, -0.1) is 0 Å². The van der Waals surface area contributed by atoms with Crippen LogP contribution in [0.25, 0.3) is 11.1 Å². The Morgan fingerprint density at radius 2 is 1.62 bits per heavy atom. The molecule has 0 bridgehead atoms. The molecule has 1 fully saturated rings. The van der Waals surface area contributed by atoms with Gasteiger partial charge >= 0.3 is 12.1 Å². The fraction of sp³-hybridized carbons (Fsp3) is 0.444. The molecule has 2 aliphatic carbocycles. The highest BCUT2D eigenvalue weighted by atomic mass is 16.5. The number of carboxylic acid groups (broad SMARTS) is 1. The van der Waals surface area contributed by atoms with Crippen LogP contribution in [0.4, 0.5) is 4.79 Å². The van der Waals surface area contributed by atoms with E-state index < -0.39 is 18.0 Å². The fourth-order valence-electron chi connectivity index (χ4n) is 5.37. The number of aliphatic carboxylic acids is 1. The van der Waals surface area contributed by atoms with Gasteiger partial charge in [0.1, 0.15) is 13.2 Å². The maximum absolute atomic E-state index is 12.9. The molecule has 2 aliphatic rings. The number of amides is 2. The van der Waals surface area contributed by atoms with Crippen LogP contribution in [0, 0.1) is 11.8 Å². The van der Waals surface area contributed by atoms with E-state index in [1.165, 1.54) is 11.9 Å². The molecular weight excluding hydrogens is 432 g/mol. The predicted octanol–water partition coefficient (Wildman–Crippen LogP) is 4.26. The van der Waals surface area contributed by atoms with E-state index in [4.69, 9.17) is 9.84 Å². The lowest BCUT2D eigenvalue weighted by atomic mass is 9.92. The summed E-state index contributed by atoms with van der Waals surface area (Å²) in [6.07, 6.45) is 4.51. The summed E-state index contributed by atoms with van der Waals surface area (Å²) in [5.41, 5.74) is 4.61. The Bertz CT molecular complexity index is 1000. The minimum atomic E-state index is -1.06. The van der Waals surface area contributed by atoms with Gasteiger partial charge in [-0.2, -0.15) is 0 Å². The van der Waals surface area contributed by atoms with E-state index >= 15 is 0 Å². The zero-order valence-electron chi connectivity index (χ0n) is 19.5. The average molecular weight is 465 g/mol. The molecule has 7 nitrogen and oxygen atoms in total. The van der Waals surface area contributed by atoms with Gasteiger partial charge in [-0.1, -0.05) is 74.2 Å². The first-order valence-electron chi connectivity index (χ1n) is 12.0. The third kappa shape index (κ3) is 5.41. The van der Waals surface area contributed by atoms with Crippen molar-refractivity contribution in [2.45, 2.75) is 38.0 Å². The van der Waals surface area contributed by atoms with Gasteiger partial charge in [-0.25, -0.2) is 4.79 Å². The standard InChI is InChI=1S/C27H32N2O5/c1-29(16-25(30)31)26(32)19(14-18-8-2-3-9-18)15-28-27(33)34-17-24-22-12-6-4-10-20(22)21-11-5-7-13-23(21)24/h4-7,10-13,18-19,24H,2-3,8-9,14-17H2,1H3,(H,28,33)(H,30,31). The molecule has 1 unspecified atom stereocenters. The Balaban J connectivity index is 1.36. The number of hydrogen-bond acceptors (Lipinski definition) is 4. The molecule has 2 amide bonds. The van der Waals surface area contributed by atoms with E-state index in [9.17, 15) is 14.4 Å². The van der Waals surface area contributed by atoms with Crippen LogP contribution in [-0.4, -0.2) is 54.7 Å². The number of nitrogens with one attached hydrogen (secondary N) is 1. The Kier molecular flexibility index (Phi) is 7.50. The molecule has 1 atom stereocenters. The highest BCUT2D eigenvalue weighted by Crippen LogP contribution is 2.44. The first-order valence-corrected chi connectivity index (χ1v) is 12.0. The van der Waals surface area contributed by atoms with E-state index in [-0.39, 0.29) is 31.5 Å². The molecule has 0 aromatic heterocycles. The normalized spacial score (nSPS) is 15.9. The van der Waals surface area contributed by atoms with E-state index in [1.807, 2.05) is 24.3 Å². The summed E-state index contributed by atoms with van der Waals surface area (Å²) in [6, 6.07) is 16.3. The second-order valence-electron chi connectivity index (χ2n) is 9.38. The lowest BCUT2D eigenvalue weighted by molar-refractivity contribution is -0.145. The van der Waals surface area contributed by atoms with Crippen molar-refractivity contribution < 1.29 is 24.2 Å². The summed E-state index contributed by atoms with van der Waals surface area (Å²) in [5.74, 6) is -1.38. The number of ether oxygens (including phenoxy) is 1. The van der Waals surface area contributed by atoms with Gasteiger partial charge < -0.3 is 20.1 Å². The van der Waals surface area contributed by atoms with Crippen molar-refractivity contribution in [1.82, 2.24) is 10.2 Å². The van der Waals surface area contributed by atoms with Crippen LogP contribution in [0.2, 0.25) is 0 Å². The maximum Gasteiger partial charge on any atom is 0.407 e. The van der Waals surface area contributed by atoms with Crippen LogP contribution in [0.15, 0.2) is 48.5 Å². The predicted molar refractivity (Wildman–Crippen MR) is 128 cm³/mol. The number of hydrogen-bond donors (Lipinski definition) is 2. The molecule has 2 aromatic carbocycles. The molecule has 34 heavy (non-hydrogen) atoms. The summed E-state index contributed by atoms with van der Waals surface area (Å²) in [6.45, 7) is -0.0130. The Hall–Kier alpha value is -3.35. The summed E-state index contributed by atoms with van der Waals surface area (Å²) < 4.78 is 5.60. The van der Waals surface area contributed by atoms with Crippen molar-refractivity contribution in [3.05, 3.63) is 59.7 Å². The highest BCUT2D eigenvalue weighted by Gasteiger charge is 2.31. The number of likely N-dealkylation sites (N-methyl/N-ethyl adjacent to an activating group) is 1. The lowest BCUT2D eigenvalue weighted by Gasteiger charge is -2.25. The van der Waals surface area contributed by atoms with E-state index in [2.05, 4.69) is 29.6 Å². The minimum absolute atomic E-state index is 0.0317. The molecule has 7 heteroatoms. The quantitative estimate of drug-likeness (QED) is 0.578. The second-order valence-corrected chi connectivity index (χ2v) is 9.38. The fourth-order valence-corrected chi connectivity index (χ4v) is 5.37. The van der Waals surface area contributed by atoms with E-state index in [1.54, 1.807) is 0 Å². The van der Waals surface area contributed by atoms with Crippen LogP contribution in [0.1, 0.15) is 49.1 Å². The first kappa shape index (κ1) is 23.8. The molecule has 0 spiro atoms. The zero-order chi connectivity index (χ0) is 24.1. The van der Waals surface area contributed by atoms with Gasteiger partial charge in [-0.05, 0) is 34.6 Å². The molecule has 1 saturated carbocycles. The summed E-state index contributed by atoms with van der Waals surface area (Å²) in [7, 11) is 1.49. The van der Waals surface area contributed by atoms with Gasteiger partial charge in [0.25, 0.3) is 0 Å². The van der Waals surface area contributed by atoms with Crippen molar-refractivity contribution in [1.29, 1.82) is 0 Å². The smallest absolute Gasteiger partial charge is 0.407 e. The number of carboxylic acids is 1. The minimum Gasteiger partial charge on any atom is -0.480 e.